The Kier molecular flexibility index (Phi) is 5.61. The number of nitrogens with zero attached hydrogens (tertiary/aromatic N) is 4. The van der Waals surface area contributed by atoms with Gasteiger partial charge in [-0.1, -0.05) is 35.2 Å². The van der Waals surface area contributed by atoms with E-state index < -0.39 is 0 Å². The average Bonchev–Trinajstić information content (AvgIpc) is 2.84. The topological polar surface area (TPSA) is 61.8 Å². The molecule has 122 valence electrons. The molecule has 6 nitrogen and oxygen atoms in total. The lowest BCUT2D eigenvalue weighted by molar-refractivity contribution is 0.618. The van der Waals surface area contributed by atoms with E-state index in [-0.39, 0.29) is 11.2 Å². The van der Waals surface area contributed by atoms with Gasteiger partial charge < -0.3 is 4.57 Å². The number of rotatable bonds is 7. The maximum atomic E-state index is 12.3. The molecule has 0 aromatic carbocycles. The van der Waals surface area contributed by atoms with E-state index in [1.165, 1.54) is 30.9 Å². The van der Waals surface area contributed by atoms with Gasteiger partial charge in [-0.3, -0.25) is 13.9 Å². The van der Waals surface area contributed by atoms with Gasteiger partial charge in [0.25, 0.3) is 5.56 Å². The Balaban J connectivity index is 2.21. The largest absolute Gasteiger partial charge is 0.332 e. The van der Waals surface area contributed by atoms with Gasteiger partial charge in [-0.25, -0.2) is 9.78 Å². The minimum atomic E-state index is -0.336. The van der Waals surface area contributed by atoms with Crippen LogP contribution in [0.1, 0.15) is 37.9 Å². The number of aromatic nitrogens is 4. The van der Waals surface area contributed by atoms with Crippen molar-refractivity contribution in [1.82, 2.24) is 18.7 Å². The van der Waals surface area contributed by atoms with Gasteiger partial charge in [-0.05, 0) is 12.8 Å². The molecule has 2 aromatic rings. The normalized spacial score (nSPS) is 11.5. The standard InChI is InChI=1S/C15H23BrN4O2/c1-18-11(9-7-5-4-6-8-10-16)17-13-12(18)14(21)20(3)15(22)19(13)2/h4-10H2,1-3H3. The van der Waals surface area contributed by atoms with Crippen LogP contribution in [0.25, 0.3) is 11.2 Å². The predicted octanol–water partition coefficient (Wildman–Crippen LogP) is 1.86. The molecule has 2 rings (SSSR count). The summed E-state index contributed by atoms with van der Waals surface area (Å²) >= 11 is 3.44. The molecule has 0 atom stereocenters. The molecule has 0 amide bonds. The summed E-state index contributed by atoms with van der Waals surface area (Å²) in [4.78, 5) is 28.7. The van der Waals surface area contributed by atoms with Crippen LogP contribution in [0.15, 0.2) is 9.59 Å². The van der Waals surface area contributed by atoms with E-state index in [0.29, 0.717) is 11.2 Å². The first-order chi connectivity index (χ1) is 10.5. The molecule has 0 bridgehead atoms. The highest BCUT2D eigenvalue weighted by Gasteiger charge is 2.16. The third-order valence-electron chi connectivity index (χ3n) is 4.10. The minimum Gasteiger partial charge on any atom is -0.325 e. The molecule has 7 heteroatoms. The van der Waals surface area contributed by atoms with Crippen molar-refractivity contribution in [3.05, 3.63) is 26.7 Å². The lowest BCUT2D eigenvalue weighted by atomic mass is 10.1. The Bertz CT molecular complexity index is 772. The summed E-state index contributed by atoms with van der Waals surface area (Å²) < 4.78 is 4.40. The summed E-state index contributed by atoms with van der Waals surface area (Å²) in [6.45, 7) is 0. The Morgan fingerprint density at radius 2 is 1.55 bits per heavy atom. The maximum absolute atomic E-state index is 12.3. The number of halogens is 1. The first-order valence-corrected chi connectivity index (χ1v) is 8.78. The molecular weight excluding hydrogens is 348 g/mol. The van der Waals surface area contributed by atoms with E-state index in [4.69, 9.17) is 0 Å². The summed E-state index contributed by atoms with van der Waals surface area (Å²) in [5, 5.41) is 1.06. The number of alkyl halides is 1. The molecule has 0 unspecified atom stereocenters. The zero-order valence-electron chi connectivity index (χ0n) is 13.4. The van der Waals surface area contributed by atoms with E-state index >= 15 is 0 Å². The molecule has 22 heavy (non-hydrogen) atoms. The summed E-state index contributed by atoms with van der Waals surface area (Å²) in [5.41, 5.74) is 0.359. The second-order valence-corrected chi connectivity index (χ2v) is 6.46. The SMILES string of the molecule is Cn1c(=O)c2c(nc(CCCCCCCBr)n2C)n(C)c1=O. The Labute approximate surface area is 137 Å². The Hall–Kier alpha value is -1.37. The number of unbranched alkanes of at least 4 members (excludes halogenated alkanes) is 4. The molecule has 0 fully saturated rings. The fourth-order valence-electron chi connectivity index (χ4n) is 2.70. The van der Waals surface area contributed by atoms with Gasteiger partial charge in [-0.15, -0.1) is 0 Å². The molecule has 0 radical (unpaired) electrons. The smallest absolute Gasteiger partial charge is 0.325 e. The van der Waals surface area contributed by atoms with Gasteiger partial charge >= 0.3 is 5.69 Å². The highest BCUT2D eigenvalue weighted by Crippen LogP contribution is 2.13. The fraction of sp³-hybridized carbons (Fsp3) is 0.667. The van der Waals surface area contributed by atoms with E-state index in [2.05, 4.69) is 20.9 Å². The molecule has 0 aliphatic rings. The van der Waals surface area contributed by atoms with Gasteiger partial charge in [0.1, 0.15) is 5.82 Å². The van der Waals surface area contributed by atoms with Crippen molar-refractivity contribution >= 4 is 27.1 Å². The number of fused-ring (bicyclic) bond motifs is 1. The molecule has 0 saturated carbocycles. The maximum Gasteiger partial charge on any atom is 0.332 e. The average molecular weight is 371 g/mol. The van der Waals surface area contributed by atoms with Crippen LogP contribution in [0.5, 0.6) is 0 Å². The molecule has 0 aliphatic heterocycles. The minimum absolute atomic E-state index is 0.281. The van der Waals surface area contributed by atoms with Crippen LogP contribution in [0.3, 0.4) is 0 Å². The quantitative estimate of drug-likeness (QED) is 0.551. The van der Waals surface area contributed by atoms with Crippen LogP contribution in [-0.4, -0.2) is 24.0 Å². The zero-order valence-corrected chi connectivity index (χ0v) is 15.0. The van der Waals surface area contributed by atoms with Crippen LogP contribution in [0.4, 0.5) is 0 Å². The Morgan fingerprint density at radius 1 is 0.909 bits per heavy atom. The molecule has 0 spiro atoms. The summed E-state index contributed by atoms with van der Waals surface area (Å²) in [6.07, 6.45) is 6.71. The second-order valence-electron chi connectivity index (χ2n) is 5.67. The summed E-state index contributed by atoms with van der Waals surface area (Å²) in [5.74, 6) is 0.869. The van der Waals surface area contributed by atoms with Gasteiger partial charge in [0.15, 0.2) is 11.2 Å². The number of hydrogen-bond donors (Lipinski definition) is 0. The van der Waals surface area contributed by atoms with E-state index in [9.17, 15) is 9.59 Å². The highest BCUT2D eigenvalue weighted by atomic mass is 79.9. The van der Waals surface area contributed by atoms with Crippen molar-refractivity contribution in [3.8, 4) is 0 Å². The van der Waals surface area contributed by atoms with Crippen LogP contribution < -0.4 is 11.2 Å². The predicted molar refractivity (Wildman–Crippen MR) is 91.8 cm³/mol. The van der Waals surface area contributed by atoms with Crippen LogP contribution in [0.2, 0.25) is 0 Å². The number of imidazole rings is 1. The third-order valence-corrected chi connectivity index (χ3v) is 4.66. The van der Waals surface area contributed by atoms with Crippen molar-refractivity contribution in [2.75, 3.05) is 5.33 Å². The molecule has 2 heterocycles. The Morgan fingerprint density at radius 3 is 2.23 bits per heavy atom. The van der Waals surface area contributed by atoms with Crippen LogP contribution in [-0.2, 0) is 27.6 Å². The zero-order chi connectivity index (χ0) is 16.3. The number of hydrogen-bond acceptors (Lipinski definition) is 3. The van der Waals surface area contributed by atoms with Crippen molar-refractivity contribution < 1.29 is 0 Å². The number of aryl methyl sites for hydroxylation is 3. The second kappa shape index (κ2) is 7.26. The molecule has 0 N–H and O–H groups in total. The van der Waals surface area contributed by atoms with Crippen molar-refractivity contribution in [3.63, 3.8) is 0 Å². The lowest BCUT2D eigenvalue weighted by Crippen LogP contribution is -2.37. The summed E-state index contributed by atoms with van der Waals surface area (Å²) in [6, 6.07) is 0. The van der Waals surface area contributed by atoms with Gasteiger partial charge in [0.2, 0.25) is 0 Å². The van der Waals surface area contributed by atoms with Gasteiger partial charge in [0, 0.05) is 32.9 Å². The monoisotopic (exact) mass is 370 g/mol. The molecule has 0 aliphatic carbocycles. The molecular formula is C15H23BrN4O2. The van der Waals surface area contributed by atoms with Crippen LogP contribution >= 0.6 is 15.9 Å². The first kappa shape index (κ1) is 17.0. The molecule has 0 saturated heterocycles. The van der Waals surface area contributed by atoms with E-state index in [1.54, 1.807) is 7.05 Å². The lowest BCUT2D eigenvalue weighted by Gasteiger charge is -2.04. The van der Waals surface area contributed by atoms with Crippen LogP contribution in [0, 0.1) is 0 Å². The van der Waals surface area contributed by atoms with Gasteiger partial charge in [-0.2, -0.15) is 0 Å². The molecule has 2 aromatic heterocycles. The first-order valence-electron chi connectivity index (χ1n) is 7.66. The fourth-order valence-corrected chi connectivity index (χ4v) is 3.09. The van der Waals surface area contributed by atoms with Gasteiger partial charge in [0.05, 0.1) is 0 Å². The van der Waals surface area contributed by atoms with Crippen molar-refractivity contribution in [2.24, 2.45) is 21.1 Å². The third kappa shape index (κ3) is 3.19. The van der Waals surface area contributed by atoms with Crippen molar-refractivity contribution in [2.45, 2.75) is 38.5 Å². The highest BCUT2D eigenvalue weighted by molar-refractivity contribution is 9.09. The van der Waals surface area contributed by atoms with Crippen molar-refractivity contribution in [1.29, 1.82) is 0 Å². The van der Waals surface area contributed by atoms with E-state index in [0.717, 1.165) is 35.0 Å². The summed E-state index contributed by atoms with van der Waals surface area (Å²) in [7, 11) is 5.00. The van der Waals surface area contributed by atoms with E-state index in [1.807, 2.05) is 11.6 Å².